The number of primary amides is 1. The van der Waals surface area contributed by atoms with Crippen molar-refractivity contribution in [1.29, 1.82) is 0 Å². The van der Waals surface area contributed by atoms with Gasteiger partial charge in [0.15, 0.2) is 5.82 Å². The first-order valence-electron chi connectivity index (χ1n) is 10.1. The van der Waals surface area contributed by atoms with Crippen LogP contribution in [0.3, 0.4) is 0 Å². The minimum atomic E-state index is -0.683. The molecule has 4 rings (SSSR count). The number of aromatic nitrogens is 3. The van der Waals surface area contributed by atoms with Crippen LogP contribution in [0.15, 0.2) is 72.9 Å². The number of ether oxygens (including phenoxy) is 1. The number of methoxy groups -OCH3 is 1. The molecule has 0 aliphatic heterocycles. The highest BCUT2D eigenvalue weighted by Crippen LogP contribution is 2.29. The van der Waals surface area contributed by atoms with Crippen LogP contribution in [0.2, 0.25) is 0 Å². The van der Waals surface area contributed by atoms with Crippen LogP contribution in [-0.2, 0) is 6.54 Å². The minimum Gasteiger partial charge on any atom is -0.496 e. The Morgan fingerprint density at radius 2 is 1.76 bits per heavy atom. The Labute approximate surface area is 190 Å². The summed E-state index contributed by atoms with van der Waals surface area (Å²) >= 11 is 0. The summed E-state index contributed by atoms with van der Waals surface area (Å²) in [6, 6.07) is 19.5. The number of nitrogens with zero attached hydrogens (tertiary/aromatic N) is 3. The lowest BCUT2D eigenvalue weighted by molar-refractivity contribution is 0.0946. The molecule has 166 valence electrons. The number of nitrogens with one attached hydrogen (secondary N) is 1. The molecule has 9 heteroatoms. The van der Waals surface area contributed by atoms with Crippen LogP contribution in [0.5, 0.6) is 5.75 Å². The van der Waals surface area contributed by atoms with E-state index < -0.39 is 5.91 Å². The number of hydrogen-bond donors (Lipinski definition) is 3. The van der Waals surface area contributed by atoms with E-state index in [1.54, 1.807) is 60.8 Å². The van der Waals surface area contributed by atoms with E-state index in [1.807, 2.05) is 12.1 Å². The fourth-order valence-electron chi connectivity index (χ4n) is 3.42. The van der Waals surface area contributed by atoms with E-state index in [2.05, 4.69) is 15.4 Å². The highest BCUT2D eigenvalue weighted by Gasteiger charge is 2.22. The number of nitrogen functional groups attached to an aromatic ring is 1. The number of carbonyl (C=O) groups is 2. The van der Waals surface area contributed by atoms with Crippen molar-refractivity contribution in [2.75, 3.05) is 12.8 Å². The van der Waals surface area contributed by atoms with Gasteiger partial charge in [0, 0.05) is 18.3 Å². The van der Waals surface area contributed by atoms with Crippen molar-refractivity contribution in [3.63, 3.8) is 0 Å². The maximum Gasteiger partial charge on any atom is 0.255 e. The zero-order valence-electron chi connectivity index (χ0n) is 17.9. The molecule has 0 spiro atoms. The number of nitrogens with two attached hydrogens (primary N) is 2. The van der Waals surface area contributed by atoms with Crippen LogP contribution >= 0.6 is 0 Å². The lowest BCUT2D eigenvalue weighted by atomic mass is 10.0. The molecule has 0 aliphatic carbocycles. The molecule has 0 fully saturated rings. The molecule has 5 N–H and O–H groups in total. The number of hydrogen-bond acceptors (Lipinski definition) is 6. The van der Waals surface area contributed by atoms with Gasteiger partial charge in [-0.1, -0.05) is 42.5 Å². The molecule has 0 atom stereocenters. The van der Waals surface area contributed by atoms with Crippen molar-refractivity contribution < 1.29 is 14.3 Å². The summed E-state index contributed by atoms with van der Waals surface area (Å²) in [6.07, 6.45) is 1.61. The summed E-state index contributed by atoms with van der Waals surface area (Å²) in [6.45, 7) is 0.310. The van der Waals surface area contributed by atoms with Crippen molar-refractivity contribution in [2.24, 2.45) is 5.73 Å². The van der Waals surface area contributed by atoms with Crippen molar-refractivity contribution in [2.45, 2.75) is 6.54 Å². The monoisotopic (exact) mass is 442 g/mol. The zero-order chi connectivity index (χ0) is 23.4. The molecular weight excluding hydrogens is 420 g/mol. The summed E-state index contributed by atoms with van der Waals surface area (Å²) in [7, 11) is 1.52. The van der Waals surface area contributed by atoms with Crippen LogP contribution in [0.25, 0.3) is 17.1 Å². The molecular formula is C24H22N6O3. The number of benzene rings is 2. The molecule has 0 bridgehead atoms. The molecule has 0 saturated heterocycles. The number of amides is 2. The summed E-state index contributed by atoms with van der Waals surface area (Å²) in [5.74, 6) is 0.168. The Bertz CT molecular complexity index is 1300. The number of anilines is 1. The van der Waals surface area contributed by atoms with Crippen LogP contribution in [0.1, 0.15) is 26.3 Å². The second-order valence-electron chi connectivity index (χ2n) is 7.15. The Hall–Kier alpha value is -4.66. The number of para-hydroxylation sites is 1. The number of carbonyl (C=O) groups excluding carboxylic acids is 2. The SMILES string of the molecule is COc1ccccc1C(=O)NCc1ccc(-c2nn(-c3ccccn3)c(N)c2C(N)=O)cc1. The van der Waals surface area contributed by atoms with Gasteiger partial charge in [0.2, 0.25) is 0 Å². The van der Waals surface area contributed by atoms with Gasteiger partial charge in [-0.15, -0.1) is 0 Å². The lowest BCUT2D eigenvalue weighted by Crippen LogP contribution is -2.23. The lowest BCUT2D eigenvalue weighted by Gasteiger charge is -2.09. The molecule has 9 nitrogen and oxygen atoms in total. The van der Waals surface area contributed by atoms with E-state index in [-0.39, 0.29) is 17.3 Å². The molecule has 0 radical (unpaired) electrons. The fraction of sp³-hybridized carbons (Fsp3) is 0.0833. The largest absolute Gasteiger partial charge is 0.496 e. The maximum atomic E-state index is 12.5. The molecule has 2 aromatic carbocycles. The van der Waals surface area contributed by atoms with Gasteiger partial charge in [-0.05, 0) is 29.8 Å². The van der Waals surface area contributed by atoms with Gasteiger partial charge in [-0.25, -0.2) is 4.98 Å². The third-order valence-electron chi connectivity index (χ3n) is 5.07. The van der Waals surface area contributed by atoms with Crippen LogP contribution in [0.4, 0.5) is 5.82 Å². The van der Waals surface area contributed by atoms with Gasteiger partial charge in [0.1, 0.15) is 22.8 Å². The molecule has 2 aromatic heterocycles. The zero-order valence-corrected chi connectivity index (χ0v) is 17.9. The third kappa shape index (κ3) is 4.38. The van der Waals surface area contributed by atoms with Gasteiger partial charge < -0.3 is 21.5 Å². The quantitative estimate of drug-likeness (QED) is 0.402. The molecule has 2 amide bonds. The summed E-state index contributed by atoms with van der Waals surface area (Å²) in [5, 5.41) is 7.35. The van der Waals surface area contributed by atoms with Crippen molar-refractivity contribution in [1.82, 2.24) is 20.1 Å². The molecule has 33 heavy (non-hydrogen) atoms. The van der Waals surface area contributed by atoms with Crippen molar-refractivity contribution in [3.8, 4) is 22.8 Å². The van der Waals surface area contributed by atoms with Crippen LogP contribution in [-0.4, -0.2) is 33.7 Å². The fourth-order valence-corrected chi connectivity index (χ4v) is 3.42. The van der Waals surface area contributed by atoms with E-state index in [0.717, 1.165) is 5.56 Å². The van der Waals surface area contributed by atoms with Crippen molar-refractivity contribution in [3.05, 3.63) is 89.6 Å². The Morgan fingerprint density at radius 1 is 1.03 bits per heavy atom. The number of rotatable bonds is 7. The second-order valence-corrected chi connectivity index (χ2v) is 7.15. The van der Waals surface area contributed by atoms with Crippen molar-refractivity contribution >= 4 is 17.6 Å². The standard InChI is InChI=1S/C24H22N6O3/c1-33-18-7-3-2-6-17(18)24(32)28-14-15-9-11-16(12-10-15)21-20(23(26)31)22(25)30(29-21)19-8-4-5-13-27-19/h2-13H,14,25H2,1H3,(H2,26,31)(H,28,32). The molecule has 2 heterocycles. The molecule has 0 aliphatic rings. The Morgan fingerprint density at radius 3 is 2.42 bits per heavy atom. The average Bonchev–Trinajstić information content (AvgIpc) is 3.20. The van der Waals surface area contributed by atoms with E-state index >= 15 is 0 Å². The topological polar surface area (TPSA) is 138 Å². The molecule has 4 aromatic rings. The van der Waals surface area contributed by atoms with E-state index in [0.29, 0.717) is 34.9 Å². The Balaban J connectivity index is 1.56. The van der Waals surface area contributed by atoms with Gasteiger partial charge >= 0.3 is 0 Å². The first kappa shape index (κ1) is 21.6. The Kier molecular flexibility index (Phi) is 6.03. The van der Waals surface area contributed by atoms with Crippen LogP contribution in [0, 0.1) is 0 Å². The van der Waals surface area contributed by atoms with E-state index in [4.69, 9.17) is 16.2 Å². The smallest absolute Gasteiger partial charge is 0.255 e. The molecule has 0 saturated carbocycles. The predicted octanol–water partition coefficient (Wildman–Crippen LogP) is 2.55. The van der Waals surface area contributed by atoms with Gasteiger partial charge in [0.05, 0.1) is 12.7 Å². The van der Waals surface area contributed by atoms with E-state index in [1.165, 1.54) is 11.8 Å². The second kappa shape index (κ2) is 9.23. The normalized spacial score (nSPS) is 10.6. The number of pyridine rings is 1. The molecule has 0 unspecified atom stereocenters. The van der Waals surface area contributed by atoms with Gasteiger partial charge in [-0.2, -0.15) is 9.78 Å². The van der Waals surface area contributed by atoms with Gasteiger partial charge in [0.25, 0.3) is 11.8 Å². The minimum absolute atomic E-state index is 0.115. The van der Waals surface area contributed by atoms with Crippen LogP contribution < -0.4 is 21.5 Å². The third-order valence-corrected chi connectivity index (χ3v) is 5.07. The van der Waals surface area contributed by atoms with E-state index in [9.17, 15) is 9.59 Å². The predicted molar refractivity (Wildman–Crippen MR) is 124 cm³/mol. The summed E-state index contributed by atoms with van der Waals surface area (Å²) < 4.78 is 6.62. The first-order chi connectivity index (χ1) is 16.0. The highest BCUT2D eigenvalue weighted by molar-refractivity contribution is 6.03. The first-order valence-corrected chi connectivity index (χ1v) is 10.1. The highest BCUT2D eigenvalue weighted by atomic mass is 16.5. The summed E-state index contributed by atoms with van der Waals surface area (Å²) in [4.78, 5) is 28.8. The summed E-state index contributed by atoms with van der Waals surface area (Å²) in [5.41, 5.74) is 14.2. The average molecular weight is 442 g/mol. The van der Waals surface area contributed by atoms with Gasteiger partial charge in [-0.3, -0.25) is 9.59 Å². The maximum absolute atomic E-state index is 12.5.